The molecule has 3 atom stereocenters. The Balaban J connectivity index is 1.73. The molecule has 0 spiro atoms. The molecule has 2 aromatic rings. The molecule has 1 aliphatic carbocycles. The van der Waals surface area contributed by atoms with Gasteiger partial charge in [-0.1, -0.05) is 38.1 Å². The molecule has 0 radical (unpaired) electrons. The first-order valence-corrected chi connectivity index (χ1v) is 12.1. The Morgan fingerprint density at radius 2 is 1.79 bits per heavy atom. The molecule has 2 N–H and O–H groups in total. The number of aromatic nitrogens is 2. The summed E-state index contributed by atoms with van der Waals surface area (Å²) >= 11 is 0. The molecule has 8 nitrogen and oxygen atoms in total. The fourth-order valence-corrected chi connectivity index (χ4v) is 5.26. The van der Waals surface area contributed by atoms with Crippen molar-refractivity contribution >= 4 is 17.7 Å². The predicted octanol–water partition coefficient (Wildman–Crippen LogP) is 2.14. The third-order valence-electron chi connectivity index (χ3n) is 6.70. The molecule has 0 saturated carbocycles. The minimum Gasteiger partial charge on any atom is -0.352 e. The molecule has 8 heteroatoms. The third-order valence-corrected chi connectivity index (χ3v) is 6.70. The summed E-state index contributed by atoms with van der Waals surface area (Å²) in [6.45, 7) is 7.80. The van der Waals surface area contributed by atoms with Crippen LogP contribution in [-0.2, 0) is 34.3 Å². The smallest absolute Gasteiger partial charge is 0.247 e. The Hall–Kier alpha value is -3.16. The zero-order valence-electron chi connectivity index (χ0n) is 20.6. The second-order valence-corrected chi connectivity index (χ2v) is 10.3. The van der Waals surface area contributed by atoms with E-state index in [9.17, 15) is 14.4 Å². The topological polar surface area (TPSA) is 96.3 Å². The van der Waals surface area contributed by atoms with Crippen molar-refractivity contribution in [3.63, 3.8) is 0 Å². The molecule has 2 aliphatic rings. The maximum atomic E-state index is 14.1. The lowest BCUT2D eigenvalue weighted by Crippen LogP contribution is -2.67. The maximum Gasteiger partial charge on any atom is 0.247 e. The van der Waals surface area contributed by atoms with E-state index in [0.29, 0.717) is 12.0 Å². The standard InChI is InChI=1S/C26H35N5O3/c1-15(2)10-21-24(32)29-22(19-11-17-8-6-7-9-18(17)12-19)26(34)31(21)23(25(33)28-16(3)4)20-13-27-30(5)14-20/h6-9,13-16,19,21-23H,10-12H2,1-5H3,(H,28,33)(H,29,32)/t21-,22-,23-/m1/s1. The molecule has 1 aromatic carbocycles. The number of nitrogens with zero attached hydrogens (tertiary/aromatic N) is 3. The quantitative estimate of drug-likeness (QED) is 0.655. The molecule has 182 valence electrons. The van der Waals surface area contributed by atoms with E-state index >= 15 is 0 Å². The Morgan fingerprint density at radius 3 is 2.32 bits per heavy atom. The molecule has 0 bridgehead atoms. The van der Waals surface area contributed by atoms with Crippen LogP contribution < -0.4 is 10.6 Å². The van der Waals surface area contributed by atoms with Gasteiger partial charge < -0.3 is 15.5 Å². The summed E-state index contributed by atoms with van der Waals surface area (Å²) in [5.74, 6) is -0.565. The minimum atomic E-state index is -0.926. The normalized spacial score (nSPS) is 21.7. The molecule has 1 aliphatic heterocycles. The van der Waals surface area contributed by atoms with E-state index in [4.69, 9.17) is 0 Å². The van der Waals surface area contributed by atoms with Crippen molar-refractivity contribution in [2.75, 3.05) is 0 Å². The van der Waals surface area contributed by atoms with Crippen LogP contribution in [0.15, 0.2) is 36.7 Å². The van der Waals surface area contributed by atoms with Gasteiger partial charge in [-0.05, 0) is 56.1 Å². The summed E-state index contributed by atoms with van der Waals surface area (Å²) in [7, 11) is 1.77. The van der Waals surface area contributed by atoms with E-state index in [1.54, 1.807) is 29.0 Å². The van der Waals surface area contributed by atoms with Crippen molar-refractivity contribution in [3.8, 4) is 0 Å². The number of hydrogen-bond acceptors (Lipinski definition) is 4. The van der Waals surface area contributed by atoms with Gasteiger partial charge in [0.1, 0.15) is 18.1 Å². The summed E-state index contributed by atoms with van der Waals surface area (Å²) in [4.78, 5) is 42.6. The number of benzene rings is 1. The lowest BCUT2D eigenvalue weighted by Gasteiger charge is -2.44. The van der Waals surface area contributed by atoms with Gasteiger partial charge in [0.25, 0.3) is 0 Å². The Kier molecular flexibility index (Phi) is 6.77. The molecular weight excluding hydrogens is 430 g/mol. The van der Waals surface area contributed by atoms with E-state index in [2.05, 4.69) is 27.9 Å². The number of aryl methyl sites for hydroxylation is 1. The molecule has 3 amide bonds. The average molecular weight is 466 g/mol. The Bertz CT molecular complexity index is 1050. The Morgan fingerprint density at radius 1 is 1.15 bits per heavy atom. The van der Waals surface area contributed by atoms with Gasteiger partial charge in [-0.25, -0.2) is 0 Å². The molecule has 1 aromatic heterocycles. The van der Waals surface area contributed by atoms with Crippen molar-refractivity contribution in [1.82, 2.24) is 25.3 Å². The third kappa shape index (κ3) is 4.72. The first kappa shape index (κ1) is 24.0. The van der Waals surface area contributed by atoms with Gasteiger partial charge in [-0.3, -0.25) is 19.1 Å². The monoisotopic (exact) mass is 465 g/mol. The van der Waals surface area contributed by atoms with E-state index in [-0.39, 0.29) is 35.6 Å². The van der Waals surface area contributed by atoms with Gasteiger partial charge in [-0.15, -0.1) is 0 Å². The van der Waals surface area contributed by atoms with Gasteiger partial charge in [0, 0.05) is 24.8 Å². The maximum absolute atomic E-state index is 14.1. The van der Waals surface area contributed by atoms with Crippen molar-refractivity contribution < 1.29 is 14.4 Å². The number of rotatable bonds is 7. The van der Waals surface area contributed by atoms with Crippen LogP contribution in [0.2, 0.25) is 0 Å². The number of carbonyl (C=O) groups is 3. The number of amides is 3. The van der Waals surface area contributed by atoms with Gasteiger partial charge in [0.05, 0.1) is 6.20 Å². The van der Waals surface area contributed by atoms with Gasteiger partial charge >= 0.3 is 0 Å². The molecular formula is C26H35N5O3. The van der Waals surface area contributed by atoms with Crippen LogP contribution in [0.3, 0.4) is 0 Å². The summed E-state index contributed by atoms with van der Waals surface area (Å²) in [6, 6.07) is 5.74. The zero-order chi connectivity index (χ0) is 24.6. The molecule has 1 saturated heterocycles. The second kappa shape index (κ2) is 9.60. The summed E-state index contributed by atoms with van der Waals surface area (Å²) in [5.41, 5.74) is 3.03. The zero-order valence-corrected chi connectivity index (χ0v) is 20.6. The number of carbonyl (C=O) groups excluding carboxylic acids is 3. The van der Waals surface area contributed by atoms with Crippen molar-refractivity contribution in [1.29, 1.82) is 0 Å². The summed E-state index contributed by atoms with van der Waals surface area (Å²) in [6.07, 6.45) is 5.28. The second-order valence-electron chi connectivity index (χ2n) is 10.3. The number of hydrogen-bond donors (Lipinski definition) is 2. The molecule has 1 fully saturated rings. The first-order valence-electron chi connectivity index (χ1n) is 12.1. The van der Waals surface area contributed by atoms with Crippen molar-refractivity contribution in [2.24, 2.45) is 18.9 Å². The van der Waals surface area contributed by atoms with Crippen LogP contribution in [0.25, 0.3) is 0 Å². The van der Waals surface area contributed by atoms with Crippen LogP contribution in [-0.4, -0.2) is 50.5 Å². The van der Waals surface area contributed by atoms with Gasteiger partial charge in [0.2, 0.25) is 17.7 Å². The van der Waals surface area contributed by atoms with Gasteiger partial charge in [-0.2, -0.15) is 5.10 Å². The number of nitrogens with one attached hydrogen (secondary N) is 2. The first-order chi connectivity index (χ1) is 16.2. The van der Waals surface area contributed by atoms with Crippen LogP contribution in [0.4, 0.5) is 0 Å². The van der Waals surface area contributed by atoms with Crippen LogP contribution in [0.5, 0.6) is 0 Å². The molecule has 2 heterocycles. The highest BCUT2D eigenvalue weighted by Crippen LogP contribution is 2.35. The molecule has 34 heavy (non-hydrogen) atoms. The predicted molar refractivity (Wildman–Crippen MR) is 129 cm³/mol. The number of fused-ring (bicyclic) bond motifs is 1. The SMILES string of the molecule is CC(C)C[C@@H]1C(=O)N[C@H](C2Cc3ccccc3C2)C(=O)N1[C@@H](C(=O)NC(C)C)c1cnn(C)c1. The van der Waals surface area contributed by atoms with Crippen LogP contribution >= 0.6 is 0 Å². The summed E-state index contributed by atoms with van der Waals surface area (Å²) in [5, 5.41) is 10.2. The Labute approximate surface area is 201 Å². The van der Waals surface area contributed by atoms with E-state index < -0.39 is 18.1 Å². The van der Waals surface area contributed by atoms with E-state index in [0.717, 1.165) is 12.8 Å². The summed E-state index contributed by atoms with van der Waals surface area (Å²) < 4.78 is 1.61. The highest BCUT2D eigenvalue weighted by atomic mass is 16.2. The van der Waals surface area contributed by atoms with Crippen LogP contribution in [0.1, 0.15) is 56.8 Å². The van der Waals surface area contributed by atoms with Gasteiger partial charge in [0.15, 0.2) is 0 Å². The highest BCUT2D eigenvalue weighted by Gasteiger charge is 2.49. The molecule has 0 unspecified atom stereocenters. The lowest BCUT2D eigenvalue weighted by molar-refractivity contribution is -0.158. The minimum absolute atomic E-state index is 0.0425. The largest absolute Gasteiger partial charge is 0.352 e. The lowest BCUT2D eigenvalue weighted by atomic mass is 9.88. The van der Waals surface area contributed by atoms with E-state index in [1.807, 2.05) is 39.8 Å². The van der Waals surface area contributed by atoms with Crippen molar-refractivity contribution in [2.45, 2.75) is 71.1 Å². The van der Waals surface area contributed by atoms with Crippen molar-refractivity contribution in [3.05, 3.63) is 53.3 Å². The molecule has 4 rings (SSSR count). The highest BCUT2D eigenvalue weighted by molar-refractivity contribution is 6.00. The fourth-order valence-electron chi connectivity index (χ4n) is 5.26. The number of piperazine rings is 1. The van der Waals surface area contributed by atoms with E-state index in [1.165, 1.54) is 11.1 Å². The fraction of sp³-hybridized carbons (Fsp3) is 0.538. The van der Waals surface area contributed by atoms with Crippen LogP contribution in [0, 0.1) is 11.8 Å². The average Bonchev–Trinajstić information content (AvgIpc) is 3.38.